The lowest BCUT2D eigenvalue weighted by molar-refractivity contribution is -0.385. The number of aromatic carboxylic acids is 1. The predicted molar refractivity (Wildman–Crippen MR) is 61.3 cm³/mol. The van der Waals surface area contributed by atoms with Gasteiger partial charge in [0, 0.05) is 12.3 Å². The first-order chi connectivity index (χ1) is 8.99. The summed E-state index contributed by atoms with van der Waals surface area (Å²) in [7, 11) is 0. The van der Waals surface area contributed by atoms with Gasteiger partial charge in [0.2, 0.25) is 0 Å². The second-order valence-electron chi connectivity index (χ2n) is 3.71. The number of halogens is 1. The van der Waals surface area contributed by atoms with Gasteiger partial charge < -0.3 is 5.11 Å². The van der Waals surface area contributed by atoms with Crippen LogP contribution in [0.4, 0.5) is 10.1 Å². The highest BCUT2D eigenvalue weighted by molar-refractivity contribution is 5.85. The number of nitro benzene ring substituents is 1. The molecule has 0 unspecified atom stereocenters. The Hall–Kier alpha value is -2.77. The van der Waals surface area contributed by atoms with Gasteiger partial charge in [0.25, 0.3) is 5.69 Å². The molecule has 0 atom stereocenters. The lowest BCUT2D eigenvalue weighted by atomic mass is 10.1. The Kier molecular flexibility index (Phi) is 3.23. The van der Waals surface area contributed by atoms with Crippen molar-refractivity contribution in [3.8, 4) is 0 Å². The molecule has 0 aliphatic heterocycles. The molecule has 98 valence electrons. The summed E-state index contributed by atoms with van der Waals surface area (Å²) in [5.41, 5.74) is -0.358. The van der Waals surface area contributed by atoms with E-state index in [-0.39, 0.29) is 23.5 Å². The van der Waals surface area contributed by atoms with E-state index in [0.717, 1.165) is 22.9 Å². The summed E-state index contributed by atoms with van der Waals surface area (Å²) in [4.78, 5) is 21.1. The highest BCUT2D eigenvalue weighted by atomic mass is 19.1. The number of rotatable bonds is 4. The van der Waals surface area contributed by atoms with E-state index in [1.165, 1.54) is 12.3 Å². The first-order valence-electron chi connectivity index (χ1n) is 5.17. The number of hydrogen-bond acceptors (Lipinski definition) is 4. The van der Waals surface area contributed by atoms with Gasteiger partial charge in [-0.3, -0.25) is 14.8 Å². The molecule has 7 nitrogen and oxygen atoms in total. The molecule has 8 heteroatoms. The fourth-order valence-corrected chi connectivity index (χ4v) is 1.66. The third kappa shape index (κ3) is 2.57. The minimum absolute atomic E-state index is 0.0520. The predicted octanol–water partition coefficient (Wildman–Crippen LogP) is 1.68. The molecular formula is C11H8FN3O4. The van der Waals surface area contributed by atoms with Gasteiger partial charge in [-0.15, -0.1) is 0 Å². The molecule has 19 heavy (non-hydrogen) atoms. The maximum Gasteiger partial charge on any atom is 0.354 e. The number of aromatic nitrogens is 2. The fraction of sp³-hybridized carbons (Fsp3) is 0.0909. The third-order valence-corrected chi connectivity index (χ3v) is 2.49. The van der Waals surface area contributed by atoms with Crippen molar-refractivity contribution < 1.29 is 19.2 Å². The Bertz CT molecular complexity index is 653. The summed E-state index contributed by atoms with van der Waals surface area (Å²) >= 11 is 0. The van der Waals surface area contributed by atoms with Crippen LogP contribution in [-0.2, 0) is 6.54 Å². The van der Waals surface area contributed by atoms with Crippen molar-refractivity contribution in [2.24, 2.45) is 0 Å². The first-order valence-corrected chi connectivity index (χ1v) is 5.17. The molecule has 2 aromatic rings. The van der Waals surface area contributed by atoms with Crippen molar-refractivity contribution >= 4 is 11.7 Å². The Morgan fingerprint density at radius 1 is 1.47 bits per heavy atom. The first kappa shape index (κ1) is 12.7. The van der Waals surface area contributed by atoms with E-state index < -0.39 is 16.7 Å². The van der Waals surface area contributed by atoms with Gasteiger partial charge in [0.05, 0.1) is 17.0 Å². The van der Waals surface area contributed by atoms with Crippen LogP contribution in [0.2, 0.25) is 0 Å². The Morgan fingerprint density at radius 2 is 2.21 bits per heavy atom. The molecule has 1 aromatic heterocycles. The molecule has 0 aliphatic rings. The van der Waals surface area contributed by atoms with Gasteiger partial charge >= 0.3 is 5.97 Å². The summed E-state index contributed by atoms with van der Waals surface area (Å²) in [6.45, 7) is -0.192. The van der Waals surface area contributed by atoms with Crippen LogP contribution in [0.3, 0.4) is 0 Å². The highest BCUT2D eigenvalue weighted by Gasteiger charge is 2.17. The minimum Gasteiger partial charge on any atom is -0.477 e. The Balaban J connectivity index is 2.42. The summed E-state index contributed by atoms with van der Waals surface area (Å²) < 4.78 is 14.2. The van der Waals surface area contributed by atoms with Crippen molar-refractivity contribution in [3.63, 3.8) is 0 Å². The van der Waals surface area contributed by atoms with Crippen LogP contribution in [0.15, 0.2) is 30.5 Å². The van der Waals surface area contributed by atoms with E-state index >= 15 is 0 Å². The zero-order chi connectivity index (χ0) is 14.0. The number of carboxylic acid groups (broad SMARTS) is 1. The van der Waals surface area contributed by atoms with Crippen LogP contribution in [0.25, 0.3) is 0 Å². The maximum absolute atomic E-state index is 13.1. The van der Waals surface area contributed by atoms with Crippen molar-refractivity contribution in [2.45, 2.75) is 6.54 Å². The molecule has 1 N–H and O–H groups in total. The zero-order valence-electron chi connectivity index (χ0n) is 9.49. The van der Waals surface area contributed by atoms with E-state index in [1.807, 2.05) is 0 Å². The summed E-state index contributed by atoms with van der Waals surface area (Å²) in [5.74, 6) is -1.85. The van der Waals surface area contributed by atoms with E-state index in [9.17, 15) is 19.3 Å². The number of hydrogen-bond donors (Lipinski definition) is 1. The van der Waals surface area contributed by atoms with Crippen LogP contribution in [0.1, 0.15) is 16.1 Å². The largest absolute Gasteiger partial charge is 0.477 e. The van der Waals surface area contributed by atoms with Gasteiger partial charge in [-0.25, -0.2) is 9.18 Å². The Morgan fingerprint density at radius 3 is 2.84 bits per heavy atom. The van der Waals surface area contributed by atoms with E-state index in [1.54, 1.807) is 0 Å². The monoisotopic (exact) mass is 265 g/mol. The Labute approximate surface area is 106 Å². The molecule has 0 radical (unpaired) electrons. The average molecular weight is 265 g/mol. The summed E-state index contributed by atoms with van der Waals surface area (Å²) in [6, 6.07) is 4.26. The second kappa shape index (κ2) is 4.84. The SMILES string of the molecule is O=C(O)c1ccnn1Cc1cc(F)ccc1[N+](=O)[O-]. The smallest absolute Gasteiger partial charge is 0.354 e. The average Bonchev–Trinajstić information content (AvgIpc) is 2.76. The quantitative estimate of drug-likeness (QED) is 0.669. The van der Waals surface area contributed by atoms with Gasteiger partial charge in [0.15, 0.2) is 0 Å². The van der Waals surface area contributed by atoms with Crippen molar-refractivity contribution in [2.75, 3.05) is 0 Å². The van der Waals surface area contributed by atoms with Crippen LogP contribution in [0, 0.1) is 15.9 Å². The van der Waals surface area contributed by atoms with E-state index in [4.69, 9.17) is 5.11 Å². The van der Waals surface area contributed by atoms with E-state index in [2.05, 4.69) is 5.10 Å². The van der Waals surface area contributed by atoms with Crippen molar-refractivity contribution in [1.82, 2.24) is 9.78 Å². The highest BCUT2D eigenvalue weighted by Crippen LogP contribution is 2.20. The van der Waals surface area contributed by atoms with Crippen LogP contribution in [0.5, 0.6) is 0 Å². The van der Waals surface area contributed by atoms with Crippen LogP contribution >= 0.6 is 0 Å². The van der Waals surface area contributed by atoms with Gasteiger partial charge in [-0.1, -0.05) is 0 Å². The number of nitro groups is 1. The molecule has 2 rings (SSSR count). The van der Waals surface area contributed by atoms with Gasteiger partial charge in [-0.05, 0) is 18.2 Å². The molecule has 1 aromatic carbocycles. The van der Waals surface area contributed by atoms with Crippen molar-refractivity contribution in [1.29, 1.82) is 0 Å². The van der Waals surface area contributed by atoms with Gasteiger partial charge in [0.1, 0.15) is 11.5 Å². The molecule has 0 saturated heterocycles. The second-order valence-corrected chi connectivity index (χ2v) is 3.71. The molecule has 0 amide bonds. The van der Waals surface area contributed by atoms with Crippen molar-refractivity contribution in [3.05, 3.63) is 57.7 Å². The normalized spacial score (nSPS) is 10.4. The number of nitrogens with zero attached hydrogens (tertiary/aromatic N) is 3. The summed E-state index contributed by atoms with van der Waals surface area (Å²) in [6.07, 6.45) is 1.26. The van der Waals surface area contributed by atoms with E-state index in [0.29, 0.717) is 0 Å². The maximum atomic E-state index is 13.1. The van der Waals surface area contributed by atoms with Crippen LogP contribution < -0.4 is 0 Å². The third-order valence-electron chi connectivity index (χ3n) is 2.49. The zero-order valence-corrected chi connectivity index (χ0v) is 9.49. The molecule has 0 bridgehead atoms. The minimum atomic E-state index is -1.21. The topological polar surface area (TPSA) is 98.3 Å². The molecule has 0 fully saturated rings. The molecule has 0 aliphatic carbocycles. The van der Waals surface area contributed by atoms with Gasteiger partial charge in [-0.2, -0.15) is 5.10 Å². The number of carboxylic acids is 1. The number of carbonyl (C=O) groups is 1. The lowest BCUT2D eigenvalue weighted by Gasteiger charge is -2.05. The van der Waals surface area contributed by atoms with Crippen LogP contribution in [-0.4, -0.2) is 25.8 Å². The number of benzene rings is 1. The standard InChI is InChI=1S/C11H8FN3O4/c12-8-1-2-9(15(18)19)7(5-8)6-14-10(11(16)17)3-4-13-14/h1-5H,6H2,(H,16,17). The fourth-order valence-electron chi connectivity index (χ4n) is 1.66. The molecule has 1 heterocycles. The molecular weight excluding hydrogens is 257 g/mol. The summed E-state index contributed by atoms with van der Waals surface area (Å²) in [5, 5.41) is 23.5. The molecule has 0 spiro atoms. The lowest BCUT2D eigenvalue weighted by Crippen LogP contribution is -2.12. The molecule has 0 saturated carbocycles.